The van der Waals surface area contributed by atoms with Gasteiger partial charge in [-0.1, -0.05) is 24.6 Å². The number of aliphatic hydroxyl groups excluding tert-OH is 1. The summed E-state index contributed by atoms with van der Waals surface area (Å²) in [6.45, 7) is 0.900. The lowest BCUT2D eigenvalue weighted by Crippen LogP contribution is -2.51. The predicted octanol–water partition coefficient (Wildman–Crippen LogP) is 1.14. The van der Waals surface area contributed by atoms with Gasteiger partial charge in [0.15, 0.2) is 0 Å². The molecule has 1 N–H and O–H groups in total. The molecule has 1 fully saturated rings. The van der Waals surface area contributed by atoms with Crippen LogP contribution in [0.5, 0.6) is 0 Å². The second-order valence-electron chi connectivity index (χ2n) is 5.40. The van der Waals surface area contributed by atoms with Crippen molar-refractivity contribution in [2.75, 3.05) is 24.0 Å². The maximum Gasteiger partial charge on any atom is 0.304 e. The summed E-state index contributed by atoms with van der Waals surface area (Å²) in [4.78, 5) is 0. The van der Waals surface area contributed by atoms with Gasteiger partial charge in [0.1, 0.15) is 0 Å². The first kappa shape index (κ1) is 13.9. The van der Waals surface area contributed by atoms with E-state index in [1.807, 2.05) is 24.3 Å². The maximum atomic E-state index is 12.9. The molecule has 0 bridgehead atoms. The molecule has 1 atom stereocenters. The topological polar surface area (TPSA) is 60.9 Å². The van der Waals surface area contributed by atoms with Crippen LogP contribution in [0.2, 0.25) is 0 Å². The molecule has 20 heavy (non-hydrogen) atoms. The minimum atomic E-state index is -3.53. The first-order valence-corrected chi connectivity index (χ1v) is 8.52. The van der Waals surface area contributed by atoms with Gasteiger partial charge < -0.3 is 5.11 Å². The van der Waals surface area contributed by atoms with E-state index in [4.69, 9.17) is 0 Å². The minimum absolute atomic E-state index is 0.102. The lowest BCUT2D eigenvalue weighted by Gasteiger charge is -2.36. The Morgan fingerprint density at radius 2 is 2.00 bits per heavy atom. The fraction of sp³-hybridized carbons (Fsp3) is 0.571. The van der Waals surface area contributed by atoms with Crippen LogP contribution in [0.15, 0.2) is 24.3 Å². The van der Waals surface area contributed by atoms with E-state index in [2.05, 4.69) is 0 Å². The molecule has 0 aliphatic carbocycles. The van der Waals surface area contributed by atoms with Crippen LogP contribution >= 0.6 is 0 Å². The van der Waals surface area contributed by atoms with Gasteiger partial charge in [0, 0.05) is 19.1 Å². The zero-order valence-electron chi connectivity index (χ0n) is 11.4. The van der Waals surface area contributed by atoms with Crippen molar-refractivity contribution in [2.45, 2.75) is 31.7 Å². The minimum Gasteiger partial charge on any atom is -0.395 e. The Morgan fingerprint density at radius 1 is 1.20 bits per heavy atom. The molecule has 6 heteroatoms. The molecule has 1 aromatic carbocycles. The Hall–Kier alpha value is -1.11. The fourth-order valence-electron chi connectivity index (χ4n) is 3.13. The van der Waals surface area contributed by atoms with Gasteiger partial charge in [-0.25, -0.2) is 0 Å². The van der Waals surface area contributed by atoms with Gasteiger partial charge in [-0.3, -0.25) is 4.31 Å². The second kappa shape index (κ2) is 5.35. The highest BCUT2D eigenvalue weighted by molar-refractivity contribution is 7.90. The van der Waals surface area contributed by atoms with Crippen molar-refractivity contribution in [1.29, 1.82) is 0 Å². The Morgan fingerprint density at radius 3 is 2.80 bits per heavy atom. The molecule has 0 aromatic heterocycles. The van der Waals surface area contributed by atoms with E-state index in [1.54, 1.807) is 0 Å². The van der Waals surface area contributed by atoms with Gasteiger partial charge in [-0.15, -0.1) is 0 Å². The largest absolute Gasteiger partial charge is 0.395 e. The highest BCUT2D eigenvalue weighted by Gasteiger charge is 2.38. The van der Waals surface area contributed by atoms with Crippen LogP contribution < -0.4 is 4.31 Å². The van der Waals surface area contributed by atoms with Crippen LogP contribution in [-0.2, 0) is 16.6 Å². The Kier molecular flexibility index (Phi) is 3.70. The van der Waals surface area contributed by atoms with E-state index in [0.717, 1.165) is 36.9 Å². The number of anilines is 1. The summed E-state index contributed by atoms with van der Waals surface area (Å²) >= 11 is 0. The summed E-state index contributed by atoms with van der Waals surface area (Å²) < 4.78 is 28.7. The average Bonchev–Trinajstić information content (AvgIpc) is 2.92. The molecule has 3 rings (SSSR count). The third-order valence-electron chi connectivity index (χ3n) is 4.20. The van der Waals surface area contributed by atoms with Crippen LogP contribution in [0, 0.1) is 0 Å². The summed E-state index contributed by atoms with van der Waals surface area (Å²) in [7, 11) is -3.53. The highest BCUT2D eigenvalue weighted by atomic mass is 32.2. The van der Waals surface area contributed by atoms with Gasteiger partial charge in [0.05, 0.1) is 12.3 Å². The predicted molar refractivity (Wildman–Crippen MR) is 77.8 cm³/mol. The first-order chi connectivity index (χ1) is 9.64. The maximum absolute atomic E-state index is 12.9. The molecule has 5 nitrogen and oxygen atoms in total. The third kappa shape index (κ3) is 2.21. The standard InChI is InChI=1S/C14H20N2O3S/c17-11-13-6-3-4-9-15(13)20(18,19)16-10-8-12-5-1-2-7-14(12)16/h1-2,5,7,13,17H,3-4,6,8-11H2. The number of aliphatic hydroxyl groups is 1. The summed E-state index contributed by atoms with van der Waals surface area (Å²) in [5.74, 6) is 0. The average molecular weight is 296 g/mol. The Balaban J connectivity index is 1.93. The van der Waals surface area contributed by atoms with Crippen molar-refractivity contribution in [3.8, 4) is 0 Å². The molecule has 2 aliphatic heterocycles. The van der Waals surface area contributed by atoms with Crippen LogP contribution in [0.4, 0.5) is 5.69 Å². The summed E-state index contributed by atoms with van der Waals surface area (Å²) in [6.07, 6.45) is 3.34. The van der Waals surface area contributed by atoms with Gasteiger partial charge >= 0.3 is 10.2 Å². The van der Waals surface area contributed by atoms with E-state index < -0.39 is 10.2 Å². The van der Waals surface area contributed by atoms with Crippen molar-refractivity contribution in [2.24, 2.45) is 0 Å². The molecule has 0 radical (unpaired) electrons. The third-order valence-corrected chi connectivity index (χ3v) is 6.21. The molecule has 0 saturated carbocycles. The monoisotopic (exact) mass is 296 g/mol. The SMILES string of the molecule is O=S(=O)(N1CCc2ccccc21)N1CCCCC1CO. The first-order valence-electron chi connectivity index (χ1n) is 7.13. The number of piperidine rings is 1. The molecule has 1 saturated heterocycles. The number of benzene rings is 1. The van der Waals surface area contributed by atoms with E-state index in [-0.39, 0.29) is 12.6 Å². The highest BCUT2D eigenvalue weighted by Crippen LogP contribution is 2.33. The number of rotatable bonds is 3. The van der Waals surface area contributed by atoms with Crippen LogP contribution in [0.1, 0.15) is 24.8 Å². The second-order valence-corrected chi connectivity index (χ2v) is 7.21. The van der Waals surface area contributed by atoms with E-state index in [9.17, 15) is 13.5 Å². The molecule has 1 unspecified atom stereocenters. The van der Waals surface area contributed by atoms with Crippen molar-refractivity contribution in [1.82, 2.24) is 4.31 Å². The molecule has 1 aromatic rings. The summed E-state index contributed by atoms with van der Waals surface area (Å²) in [5.41, 5.74) is 1.86. The van der Waals surface area contributed by atoms with Crippen LogP contribution in [0.3, 0.4) is 0 Å². The quantitative estimate of drug-likeness (QED) is 0.910. The summed E-state index contributed by atoms with van der Waals surface area (Å²) in [6, 6.07) is 7.36. The van der Waals surface area contributed by atoms with Gasteiger partial charge in [0.25, 0.3) is 0 Å². The van der Waals surface area contributed by atoms with Crippen LogP contribution in [0.25, 0.3) is 0 Å². The number of hydrogen-bond donors (Lipinski definition) is 1. The molecule has 0 amide bonds. The lowest BCUT2D eigenvalue weighted by atomic mass is 10.1. The van der Waals surface area contributed by atoms with Crippen molar-refractivity contribution < 1.29 is 13.5 Å². The molecule has 2 aliphatic rings. The van der Waals surface area contributed by atoms with Gasteiger partial charge in [-0.05, 0) is 30.9 Å². The van der Waals surface area contributed by atoms with Gasteiger partial charge in [0.2, 0.25) is 0 Å². The number of fused-ring (bicyclic) bond motifs is 1. The number of hydrogen-bond acceptors (Lipinski definition) is 3. The number of para-hydroxylation sites is 1. The summed E-state index contributed by atoms with van der Waals surface area (Å²) in [5, 5.41) is 9.44. The Labute approximate surface area is 120 Å². The van der Waals surface area contributed by atoms with Crippen molar-refractivity contribution in [3.05, 3.63) is 29.8 Å². The number of nitrogens with zero attached hydrogens (tertiary/aromatic N) is 2. The van der Waals surface area contributed by atoms with Crippen LogP contribution in [-0.4, -0.2) is 43.6 Å². The molecule has 2 heterocycles. The normalized spacial score (nSPS) is 23.9. The van der Waals surface area contributed by atoms with E-state index in [0.29, 0.717) is 13.1 Å². The smallest absolute Gasteiger partial charge is 0.304 e. The lowest BCUT2D eigenvalue weighted by molar-refractivity contribution is 0.155. The van der Waals surface area contributed by atoms with Crippen molar-refractivity contribution in [3.63, 3.8) is 0 Å². The fourth-order valence-corrected chi connectivity index (χ4v) is 5.05. The molecular formula is C14H20N2O3S. The molecule has 0 spiro atoms. The van der Waals surface area contributed by atoms with Crippen molar-refractivity contribution >= 4 is 15.9 Å². The zero-order chi connectivity index (χ0) is 14.2. The van der Waals surface area contributed by atoms with E-state index in [1.165, 1.54) is 8.61 Å². The molecular weight excluding hydrogens is 276 g/mol. The van der Waals surface area contributed by atoms with Gasteiger partial charge in [-0.2, -0.15) is 12.7 Å². The Bertz CT molecular complexity index is 588. The van der Waals surface area contributed by atoms with E-state index >= 15 is 0 Å². The molecule has 110 valence electrons. The zero-order valence-corrected chi connectivity index (χ0v) is 12.2.